The molecule has 1 N–H and O–H groups in total. The normalized spacial score (nSPS) is 12.6. The summed E-state index contributed by atoms with van der Waals surface area (Å²) in [6.07, 6.45) is -2.83. The lowest BCUT2D eigenvalue weighted by atomic mass is 10.2. The number of esters is 1. The molecule has 0 fully saturated rings. The van der Waals surface area contributed by atoms with E-state index in [9.17, 15) is 18.0 Å². The van der Waals surface area contributed by atoms with Gasteiger partial charge in [-0.2, -0.15) is 8.78 Å². The highest BCUT2D eigenvalue weighted by Gasteiger charge is 2.42. The maximum Gasteiger partial charge on any atom is 0.351 e. The summed E-state index contributed by atoms with van der Waals surface area (Å²) in [5, 5.41) is -4.05. The number of benzene rings is 1. The largest absolute Gasteiger partial charge is 0.494 e. The van der Waals surface area contributed by atoms with Crippen molar-refractivity contribution >= 4 is 18.0 Å². The second-order valence-electron chi connectivity index (χ2n) is 4.28. The third kappa shape index (κ3) is 5.83. The number of ether oxygens (including phenoxy) is 3. The molecule has 0 aliphatic rings. The molecule has 1 aromatic carbocycles. The first-order valence-corrected chi connectivity index (χ1v) is 7.53. The van der Waals surface area contributed by atoms with E-state index < -0.39 is 36.0 Å². The molecule has 0 bridgehead atoms. The first-order valence-electron chi connectivity index (χ1n) is 6.76. The van der Waals surface area contributed by atoms with Crippen molar-refractivity contribution < 1.29 is 36.7 Å². The molecule has 0 amide bonds. The molecule has 0 heterocycles. The monoisotopic (exact) mass is 354 g/mol. The zero-order valence-corrected chi connectivity index (χ0v) is 13.4. The molecule has 5 nitrogen and oxygen atoms in total. The van der Waals surface area contributed by atoms with Crippen molar-refractivity contribution in [3.63, 3.8) is 0 Å². The number of hydrogen-bond acceptors (Lipinski definition) is 6. The van der Waals surface area contributed by atoms with E-state index in [1.165, 1.54) is 12.1 Å². The van der Waals surface area contributed by atoms with E-state index in [1.807, 2.05) is 0 Å². The highest BCUT2D eigenvalue weighted by molar-refractivity contribution is 7.94. The Balaban J connectivity index is 2.82. The van der Waals surface area contributed by atoms with Gasteiger partial charge in [0.05, 0.1) is 30.8 Å². The average molecular weight is 354 g/mol. The summed E-state index contributed by atoms with van der Waals surface area (Å²) < 4.78 is 62.2. The molecule has 0 aromatic heterocycles. The van der Waals surface area contributed by atoms with Crippen LogP contribution in [0.2, 0.25) is 0 Å². The van der Waals surface area contributed by atoms with Gasteiger partial charge < -0.3 is 18.8 Å². The van der Waals surface area contributed by atoms with Crippen LogP contribution in [0.25, 0.3) is 0 Å². The molecule has 1 unspecified atom stereocenters. The molecular formula is C14H17F3O5S. The maximum atomic E-state index is 13.2. The third-order valence-electron chi connectivity index (χ3n) is 2.58. The van der Waals surface area contributed by atoms with Crippen LogP contribution in [0.1, 0.15) is 24.2 Å². The fraction of sp³-hybridized carbons (Fsp3) is 0.500. The Morgan fingerprint density at radius 3 is 2.17 bits per heavy atom. The fourth-order valence-electron chi connectivity index (χ4n) is 1.58. The minimum atomic E-state index is -4.05. The van der Waals surface area contributed by atoms with Gasteiger partial charge in [-0.15, -0.1) is 0 Å². The van der Waals surface area contributed by atoms with Gasteiger partial charge in [0.2, 0.25) is 6.17 Å². The molecule has 0 saturated carbocycles. The van der Waals surface area contributed by atoms with E-state index in [2.05, 4.69) is 4.74 Å². The van der Waals surface area contributed by atoms with Crippen LogP contribution in [0.15, 0.2) is 18.2 Å². The summed E-state index contributed by atoms with van der Waals surface area (Å²) in [6, 6.07) is 4.22. The fourth-order valence-corrected chi connectivity index (χ4v) is 1.76. The standard InChI is InChI=1S/C14H17F3O5S/c1-3-20-10-5-9(6-11(7-10)21-4-2)13(18)22-8-12(15)14(16,17)23-19/h5-7,12,19H,3-4,8H2,1-2H3. The van der Waals surface area contributed by atoms with Crippen LogP contribution in [0.3, 0.4) is 0 Å². The summed E-state index contributed by atoms with van der Waals surface area (Å²) in [4.78, 5) is 11.9. The van der Waals surface area contributed by atoms with Gasteiger partial charge in [0.1, 0.15) is 18.1 Å². The van der Waals surface area contributed by atoms with E-state index >= 15 is 0 Å². The quantitative estimate of drug-likeness (QED) is 0.538. The summed E-state index contributed by atoms with van der Waals surface area (Å²) >= 11 is -0.939. The van der Waals surface area contributed by atoms with Gasteiger partial charge in [-0.1, -0.05) is 0 Å². The number of halogens is 3. The predicted octanol–water partition coefficient (Wildman–Crippen LogP) is 3.78. The number of alkyl halides is 3. The average Bonchev–Trinajstić information content (AvgIpc) is 2.52. The summed E-state index contributed by atoms with van der Waals surface area (Å²) in [6.45, 7) is 2.98. The maximum absolute atomic E-state index is 13.2. The Hall–Kier alpha value is -1.61. The third-order valence-corrected chi connectivity index (χ3v) is 3.08. The van der Waals surface area contributed by atoms with Crippen molar-refractivity contribution in [1.82, 2.24) is 0 Å². The van der Waals surface area contributed by atoms with Crippen LogP contribution >= 0.6 is 12.0 Å². The van der Waals surface area contributed by atoms with Crippen molar-refractivity contribution in [2.75, 3.05) is 19.8 Å². The van der Waals surface area contributed by atoms with Crippen LogP contribution < -0.4 is 9.47 Å². The van der Waals surface area contributed by atoms with Crippen LogP contribution in [0.4, 0.5) is 13.2 Å². The van der Waals surface area contributed by atoms with Gasteiger partial charge in [0.15, 0.2) is 0 Å². The van der Waals surface area contributed by atoms with Crippen LogP contribution in [0, 0.1) is 0 Å². The second-order valence-corrected chi connectivity index (χ2v) is 5.01. The van der Waals surface area contributed by atoms with E-state index in [4.69, 9.17) is 14.0 Å². The minimum absolute atomic E-state index is 0.0217. The van der Waals surface area contributed by atoms with Gasteiger partial charge in [-0.05, 0) is 26.0 Å². The molecule has 0 aliphatic carbocycles. The van der Waals surface area contributed by atoms with Crippen LogP contribution in [-0.4, -0.2) is 41.8 Å². The van der Waals surface area contributed by atoms with Crippen molar-refractivity contribution in [2.45, 2.75) is 25.3 Å². The van der Waals surface area contributed by atoms with Crippen molar-refractivity contribution in [3.05, 3.63) is 23.8 Å². The zero-order chi connectivity index (χ0) is 17.5. The van der Waals surface area contributed by atoms with Crippen LogP contribution in [0.5, 0.6) is 11.5 Å². The van der Waals surface area contributed by atoms with Gasteiger partial charge in [-0.25, -0.2) is 9.18 Å². The number of carbonyl (C=O) groups excluding carboxylic acids is 1. The molecule has 130 valence electrons. The first-order chi connectivity index (χ1) is 10.8. The first kappa shape index (κ1) is 19.4. The van der Waals surface area contributed by atoms with Gasteiger partial charge in [0, 0.05) is 6.07 Å². The highest BCUT2D eigenvalue weighted by Crippen LogP contribution is 2.32. The lowest BCUT2D eigenvalue weighted by molar-refractivity contribution is -0.0272. The van der Waals surface area contributed by atoms with Crippen molar-refractivity contribution in [1.29, 1.82) is 0 Å². The van der Waals surface area contributed by atoms with Gasteiger partial charge in [0.25, 0.3) is 0 Å². The van der Waals surface area contributed by atoms with Gasteiger partial charge in [-0.3, -0.25) is 0 Å². The summed E-state index contributed by atoms with van der Waals surface area (Å²) in [5.41, 5.74) is -0.0217. The van der Waals surface area contributed by atoms with Crippen LogP contribution in [-0.2, 0) is 4.74 Å². The predicted molar refractivity (Wildman–Crippen MR) is 79.1 cm³/mol. The highest BCUT2D eigenvalue weighted by atomic mass is 32.2. The molecular weight excluding hydrogens is 337 g/mol. The Labute approximate surface area is 135 Å². The zero-order valence-electron chi connectivity index (χ0n) is 12.6. The minimum Gasteiger partial charge on any atom is -0.494 e. The second kappa shape index (κ2) is 8.88. The van der Waals surface area contributed by atoms with Gasteiger partial charge >= 0.3 is 11.2 Å². The summed E-state index contributed by atoms with van der Waals surface area (Å²) in [7, 11) is 0. The molecule has 23 heavy (non-hydrogen) atoms. The number of hydrogen-bond donors (Lipinski definition) is 1. The molecule has 0 aliphatic heterocycles. The number of rotatable bonds is 9. The Bertz CT molecular complexity index is 503. The smallest absolute Gasteiger partial charge is 0.351 e. The summed E-state index contributed by atoms with van der Waals surface area (Å²) in [5.74, 6) is -0.342. The molecule has 9 heteroatoms. The molecule has 0 spiro atoms. The molecule has 1 rings (SSSR count). The Kier molecular flexibility index (Phi) is 7.50. The number of carbonyl (C=O) groups is 1. The van der Waals surface area contributed by atoms with E-state index in [0.29, 0.717) is 24.7 Å². The van der Waals surface area contributed by atoms with E-state index in [0.717, 1.165) is 0 Å². The topological polar surface area (TPSA) is 65.0 Å². The van der Waals surface area contributed by atoms with E-state index in [1.54, 1.807) is 19.9 Å². The molecule has 1 atom stereocenters. The molecule has 0 radical (unpaired) electrons. The van der Waals surface area contributed by atoms with E-state index in [-0.39, 0.29) is 5.56 Å². The lowest BCUT2D eigenvalue weighted by Crippen LogP contribution is -2.31. The molecule has 1 aromatic rings. The SMILES string of the molecule is CCOc1cc(OCC)cc(C(=O)OCC(F)C(F)(F)SO)c1. The Morgan fingerprint density at radius 1 is 1.22 bits per heavy atom. The lowest BCUT2D eigenvalue weighted by Gasteiger charge is -2.17. The van der Waals surface area contributed by atoms with Crippen molar-refractivity contribution in [3.8, 4) is 11.5 Å². The Morgan fingerprint density at radius 2 is 1.74 bits per heavy atom. The van der Waals surface area contributed by atoms with Crippen molar-refractivity contribution in [2.24, 2.45) is 0 Å². The molecule has 0 saturated heterocycles.